The summed E-state index contributed by atoms with van der Waals surface area (Å²) in [6.45, 7) is 15.6. The summed E-state index contributed by atoms with van der Waals surface area (Å²) in [6, 6.07) is 4.41. The molecule has 2 aliphatic heterocycles. The van der Waals surface area contributed by atoms with E-state index in [-0.39, 0.29) is 0 Å². The van der Waals surface area contributed by atoms with E-state index in [2.05, 4.69) is 34.3 Å². The second kappa shape index (κ2) is 14.5. The average Bonchev–Trinajstić information content (AvgIpc) is 3.33. The van der Waals surface area contributed by atoms with Gasteiger partial charge in [-0.05, 0) is 37.4 Å². The molecule has 2 aliphatic rings. The molecule has 8 nitrogen and oxygen atoms in total. The highest BCUT2D eigenvalue weighted by Crippen LogP contribution is 2.14. The lowest BCUT2D eigenvalue weighted by Gasteiger charge is -2.34. The third-order valence-electron chi connectivity index (χ3n) is 6.06. The van der Waals surface area contributed by atoms with Crippen LogP contribution in [0.25, 0.3) is 0 Å². The Morgan fingerprint density at radius 1 is 1.03 bits per heavy atom. The van der Waals surface area contributed by atoms with Crippen LogP contribution in [0, 0.1) is 5.92 Å². The van der Waals surface area contributed by atoms with Gasteiger partial charge < -0.3 is 24.5 Å². The van der Waals surface area contributed by atoms with Crippen molar-refractivity contribution >= 4 is 5.96 Å². The first-order valence-electron chi connectivity index (χ1n) is 12.4. The van der Waals surface area contributed by atoms with Gasteiger partial charge in [0, 0.05) is 51.7 Å². The molecular formula is C24H43N5O3. The second-order valence-corrected chi connectivity index (χ2v) is 9.11. The van der Waals surface area contributed by atoms with E-state index in [1.165, 1.54) is 0 Å². The van der Waals surface area contributed by atoms with Gasteiger partial charge in [-0.1, -0.05) is 13.8 Å². The van der Waals surface area contributed by atoms with Crippen LogP contribution in [-0.2, 0) is 15.9 Å². The smallest absolute Gasteiger partial charge is 0.191 e. The molecule has 182 valence electrons. The number of rotatable bonds is 12. The van der Waals surface area contributed by atoms with Crippen LogP contribution in [0.2, 0.25) is 0 Å². The third-order valence-corrected chi connectivity index (χ3v) is 6.06. The number of aliphatic imine (C=N–C) groups is 1. The SMILES string of the molecule is CC(C)CC(CN=C(NCCCN1CCOCC1)NCCc1ccco1)N1CCOCC1. The van der Waals surface area contributed by atoms with Gasteiger partial charge >= 0.3 is 0 Å². The van der Waals surface area contributed by atoms with Crippen molar-refractivity contribution in [1.82, 2.24) is 20.4 Å². The van der Waals surface area contributed by atoms with Crippen LogP contribution in [-0.4, -0.2) is 101 Å². The van der Waals surface area contributed by atoms with E-state index >= 15 is 0 Å². The molecule has 1 unspecified atom stereocenters. The van der Waals surface area contributed by atoms with E-state index in [1.807, 2.05) is 12.1 Å². The van der Waals surface area contributed by atoms with Crippen molar-refractivity contribution in [2.24, 2.45) is 10.9 Å². The number of furan rings is 1. The minimum absolute atomic E-state index is 0.455. The second-order valence-electron chi connectivity index (χ2n) is 9.11. The monoisotopic (exact) mass is 449 g/mol. The van der Waals surface area contributed by atoms with Crippen molar-refractivity contribution in [3.63, 3.8) is 0 Å². The summed E-state index contributed by atoms with van der Waals surface area (Å²) in [6.07, 6.45) is 4.82. The highest BCUT2D eigenvalue weighted by molar-refractivity contribution is 5.79. The van der Waals surface area contributed by atoms with Crippen LogP contribution in [0.4, 0.5) is 0 Å². The van der Waals surface area contributed by atoms with E-state index in [1.54, 1.807) is 6.26 Å². The number of morpholine rings is 2. The van der Waals surface area contributed by atoms with Crippen molar-refractivity contribution in [2.75, 3.05) is 78.8 Å². The Bertz CT molecular complexity index is 626. The lowest BCUT2D eigenvalue weighted by atomic mass is 10.0. The van der Waals surface area contributed by atoms with Crippen molar-refractivity contribution in [3.8, 4) is 0 Å². The number of nitrogens with zero attached hydrogens (tertiary/aromatic N) is 3. The summed E-state index contributed by atoms with van der Waals surface area (Å²) in [5.74, 6) is 2.55. The molecule has 8 heteroatoms. The summed E-state index contributed by atoms with van der Waals surface area (Å²) < 4.78 is 16.5. The third kappa shape index (κ3) is 9.48. The molecule has 1 aromatic rings. The number of hydrogen-bond acceptors (Lipinski definition) is 6. The minimum atomic E-state index is 0.455. The Labute approximate surface area is 193 Å². The van der Waals surface area contributed by atoms with Crippen LogP contribution in [0.3, 0.4) is 0 Å². The first kappa shape index (κ1) is 25.0. The first-order valence-corrected chi connectivity index (χ1v) is 12.4. The summed E-state index contributed by atoms with van der Waals surface area (Å²) >= 11 is 0. The van der Waals surface area contributed by atoms with Crippen molar-refractivity contribution in [1.29, 1.82) is 0 Å². The van der Waals surface area contributed by atoms with E-state index in [0.717, 1.165) is 110 Å². The zero-order valence-corrected chi connectivity index (χ0v) is 20.1. The maximum Gasteiger partial charge on any atom is 0.191 e. The largest absolute Gasteiger partial charge is 0.469 e. The molecule has 3 rings (SSSR count). The van der Waals surface area contributed by atoms with E-state index in [0.29, 0.717) is 12.0 Å². The zero-order valence-electron chi connectivity index (χ0n) is 20.1. The Kier molecular flexibility index (Phi) is 11.4. The van der Waals surface area contributed by atoms with Crippen molar-refractivity contribution < 1.29 is 13.9 Å². The molecule has 0 aliphatic carbocycles. The molecule has 1 atom stereocenters. The number of nitrogens with one attached hydrogen (secondary N) is 2. The summed E-state index contributed by atoms with van der Waals surface area (Å²) in [7, 11) is 0. The fraction of sp³-hybridized carbons (Fsp3) is 0.792. The maximum atomic E-state index is 5.56. The van der Waals surface area contributed by atoms with E-state index in [4.69, 9.17) is 18.9 Å². The molecule has 0 bridgehead atoms. The highest BCUT2D eigenvalue weighted by atomic mass is 16.5. The van der Waals surface area contributed by atoms with Crippen LogP contribution in [0.15, 0.2) is 27.8 Å². The maximum absolute atomic E-state index is 5.56. The minimum Gasteiger partial charge on any atom is -0.469 e. The number of hydrogen-bond donors (Lipinski definition) is 2. The highest BCUT2D eigenvalue weighted by Gasteiger charge is 2.22. The van der Waals surface area contributed by atoms with Gasteiger partial charge in [0.15, 0.2) is 5.96 Å². The molecule has 0 saturated carbocycles. The number of ether oxygens (including phenoxy) is 2. The van der Waals surface area contributed by atoms with Crippen LogP contribution in [0.5, 0.6) is 0 Å². The summed E-state index contributed by atoms with van der Waals surface area (Å²) in [5.41, 5.74) is 0. The molecule has 0 amide bonds. The van der Waals surface area contributed by atoms with Gasteiger partial charge in [-0.2, -0.15) is 0 Å². The van der Waals surface area contributed by atoms with E-state index < -0.39 is 0 Å². The number of guanidine groups is 1. The van der Waals surface area contributed by atoms with E-state index in [9.17, 15) is 0 Å². The molecule has 0 radical (unpaired) electrons. The molecular weight excluding hydrogens is 406 g/mol. The predicted octanol–water partition coefficient (Wildman–Crippen LogP) is 1.83. The Hall–Kier alpha value is -1.61. The predicted molar refractivity (Wildman–Crippen MR) is 128 cm³/mol. The standard InChI is InChI=1S/C24H43N5O3/c1-21(2)19-22(29-12-17-31-18-13-29)20-27-24(26-8-6-23-5-3-14-32-23)25-7-4-9-28-10-15-30-16-11-28/h3,5,14,21-22H,4,6-13,15-20H2,1-2H3,(H2,25,26,27). The Morgan fingerprint density at radius 3 is 2.44 bits per heavy atom. The Balaban J connectivity index is 1.50. The van der Waals surface area contributed by atoms with Gasteiger partial charge in [-0.25, -0.2) is 0 Å². The fourth-order valence-electron chi connectivity index (χ4n) is 4.29. The summed E-state index contributed by atoms with van der Waals surface area (Å²) in [5, 5.41) is 7.07. The molecule has 2 fully saturated rings. The molecule has 0 spiro atoms. The lowest BCUT2D eigenvalue weighted by Crippen LogP contribution is -2.46. The zero-order chi connectivity index (χ0) is 22.4. The lowest BCUT2D eigenvalue weighted by molar-refractivity contribution is 0.0143. The van der Waals surface area contributed by atoms with Gasteiger partial charge in [-0.3, -0.25) is 14.8 Å². The molecule has 3 heterocycles. The van der Waals surface area contributed by atoms with Gasteiger partial charge in [0.25, 0.3) is 0 Å². The van der Waals surface area contributed by atoms with Crippen LogP contribution in [0.1, 0.15) is 32.4 Å². The molecule has 2 N–H and O–H groups in total. The van der Waals surface area contributed by atoms with Gasteiger partial charge in [0.2, 0.25) is 0 Å². The topological polar surface area (TPSA) is 74.5 Å². The van der Waals surface area contributed by atoms with Gasteiger partial charge in [0.05, 0.1) is 39.2 Å². The van der Waals surface area contributed by atoms with Crippen molar-refractivity contribution in [3.05, 3.63) is 24.2 Å². The van der Waals surface area contributed by atoms with Gasteiger partial charge in [0.1, 0.15) is 5.76 Å². The van der Waals surface area contributed by atoms with Crippen LogP contribution >= 0.6 is 0 Å². The summed E-state index contributed by atoms with van der Waals surface area (Å²) in [4.78, 5) is 10.0. The molecule has 0 aromatic carbocycles. The molecule has 2 saturated heterocycles. The Morgan fingerprint density at radius 2 is 1.75 bits per heavy atom. The normalized spacial score (nSPS) is 19.9. The van der Waals surface area contributed by atoms with Gasteiger partial charge in [-0.15, -0.1) is 0 Å². The molecule has 1 aromatic heterocycles. The average molecular weight is 450 g/mol. The van der Waals surface area contributed by atoms with Crippen LogP contribution < -0.4 is 10.6 Å². The quantitative estimate of drug-likeness (QED) is 0.286. The first-order chi connectivity index (χ1) is 15.7. The molecule has 32 heavy (non-hydrogen) atoms. The fourth-order valence-corrected chi connectivity index (χ4v) is 4.29. The van der Waals surface area contributed by atoms with Crippen molar-refractivity contribution in [2.45, 2.75) is 39.2 Å².